The maximum atomic E-state index is 12.6. The molecule has 1 fully saturated rings. The van der Waals surface area contributed by atoms with Gasteiger partial charge in [0, 0.05) is 24.3 Å². The van der Waals surface area contributed by atoms with E-state index in [1.165, 1.54) is 0 Å². The molecule has 2 rings (SSSR count). The van der Waals surface area contributed by atoms with E-state index in [1.807, 2.05) is 0 Å². The molecule has 0 atom stereocenters. The Hall–Kier alpha value is -1.72. The predicted octanol–water partition coefficient (Wildman–Crippen LogP) is 3.58. The van der Waals surface area contributed by atoms with Crippen LogP contribution in [0.4, 0.5) is 18.9 Å². The summed E-state index contributed by atoms with van der Waals surface area (Å²) in [5.74, 6) is -1.32. The van der Waals surface area contributed by atoms with Crippen LogP contribution < -0.4 is 10.6 Å². The molecule has 1 saturated carbocycles. The molecule has 6 heteroatoms. The molecule has 0 bridgehead atoms. The topological polar surface area (TPSA) is 41.1 Å². The van der Waals surface area contributed by atoms with Gasteiger partial charge in [-0.15, -0.1) is 0 Å². The van der Waals surface area contributed by atoms with Crippen LogP contribution in [0.25, 0.3) is 0 Å². The second kappa shape index (κ2) is 6.37. The lowest BCUT2D eigenvalue weighted by Crippen LogP contribution is -2.32. The van der Waals surface area contributed by atoms with Crippen LogP contribution in [-0.4, -0.2) is 25.2 Å². The van der Waals surface area contributed by atoms with Gasteiger partial charge in [0.05, 0.1) is 5.92 Å². The van der Waals surface area contributed by atoms with Crippen LogP contribution in [0.2, 0.25) is 0 Å². The van der Waals surface area contributed by atoms with Crippen molar-refractivity contribution in [1.29, 1.82) is 0 Å². The van der Waals surface area contributed by atoms with Crippen LogP contribution >= 0.6 is 0 Å². The van der Waals surface area contributed by atoms with E-state index in [9.17, 15) is 18.0 Å². The van der Waals surface area contributed by atoms with Gasteiger partial charge in [-0.3, -0.25) is 4.79 Å². The molecule has 1 aliphatic carbocycles. The molecule has 0 spiro atoms. The van der Waals surface area contributed by atoms with Crippen molar-refractivity contribution in [2.45, 2.75) is 37.9 Å². The number of anilines is 1. The van der Waals surface area contributed by atoms with Crippen LogP contribution in [0.15, 0.2) is 24.3 Å². The average molecular weight is 300 g/mol. The predicted molar refractivity (Wildman–Crippen MR) is 75.3 cm³/mol. The zero-order valence-corrected chi connectivity index (χ0v) is 11.8. The average Bonchev–Trinajstić information content (AvgIpc) is 2.47. The molecule has 1 aromatic rings. The third-order valence-electron chi connectivity index (χ3n) is 3.94. The molecule has 116 valence electrons. The van der Waals surface area contributed by atoms with Crippen LogP contribution in [0.1, 0.15) is 36.0 Å². The summed E-state index contributed by atoms with van der Waals surface area (Å²) in [6, 6.07) is 7.01. The molecule has 0 aliphatic heterocycles. The molecule has 0 unspecified atom stereocenters. The molecule has 1 amide bonds. The standard InChI is InChI=1S/C15H19F3N2O/c1-19-14(21)10-2-6-12(7-3-10)20-13-8-4-11(5-9-13)15(16,17)18/h2-3,6-7,11,13,20H,4-5,8-9H2,1H3,(H,19,21). The minimum atomic E-state index is -4.07. The zero-order chi connectivity index (χ0) is 15.5. The van der Waals surface area contributed by atoms with Gasteiger partial charge >= 0.3 is 6.18 Å². The van der Waals surface area contributed by atoms with E-state index in [0.29, 0.717) is 18.4 Å². The van der Waals surface area contributed by atoms with E-state index in [4.69, 9.17) is 0 Å². The Morgan fingerprint density at radius 2 is 1.67 bits per heavy atom. The molecule has 0 heterocycles. The smallest absolute Gasteiger partial charge is 0.382 e. The molecule has 1 aliphatic rings. The van der Waals surface area contributed by atoms with E-state index >= 15 is 0 Å². The molecule has 3 nitrogen and oxygen atoms in total. The SMILES string of the molecule is CNC(=O)c1ccc(NC2CCC(C(F)(F)F)CC2)cc1. The minimum Gasteiger partial charge on any atom is -0.382 e. The van der Waals surface area contributed by atoms with Gasteiger partial charge in [-0.1, -0.05) is 0 Å². The molecule has 0 radical (unpaired) electrons. The summed E-state index contributed by atoms with van der Waals surface area (Å²) in [7, 11) is 1.56. The lowest BCUT2D eigenvalue weighted by Gasteiger charge is -2.30. The van der Waals surface area contributed by atoms with Crippen molar-refractivity contribution in [3.8, 4) is 0 Å². The van der Waals surface area contributed by atoms with Crippen molar-refractivity contribution in [2.24, 2.45) is 5.92 Å². The number of carbonyl (C=O) groups is 1. The molecule has 2 N–H and O–H groups in total. The summed E-state index contributed by atoms with van der Waals surface area (Å²) in [5.41, 5.74) is 1.39. The molecule has 0 saturated heterocycles. The van der Waals surface area contributed by atoms with Gasteiger partial charge in [-0.2, -0.15) is 13.2 Å². The van der Waals surface area contributed by atoms with Crippen molar-refractivity contribution in [1.82, 2.24) is 5.32 Å². The maximum Gasteiger partial charge on any atom is 0.391 e. The summed E-state index contributed by atoms with van der Waals surface area (Å²) in [6.45, 7) is 0. The van der Waals surface area contributed by atoms with Crippen LogP contribution in [0.3, 0.4) is 0 Å². The summed E-state index contributed by atoms with van der Waals surface area (Å²) < 4.78 is 37.8. The summed E-state index contributed by atoms with van der Waals surface area (Å²) in [5, 5.41) is 5.77. The fraction of sp³-hybridized carbons (Fsp3) is 0.533. The van der Waals surface area contributed by atoms with Crippen LogP contribution in [0.5, 0.6) is 0 Å². The number of hydrogen-bond acceptors (Lipinski definition) is 2. The number of benzene rings is 1. The van der Waals surface area contributed by atoms with Gasteiger partial charge in [-0.25, -0.2) is 0 Å². The van der Waals surface area contributed by atoms with E-state index < -0.39 is 12.1 Å². The molecular weight excluding hydrogens is 281 g/mol. The zero-order valence-electron chi connectivity index (χ0n) is 11.8. The fourth-order valence-electron chi connectivity index (χ4n) is 2.66. The lowest BCUT2D eigenvalue weighted by atomic mass is 9.85. The highest BCUT2D eigenvalue weighted by molar-refractivity contribution is 5.94. The Labute approximate surface area is 121 Å². The minimum absolute atomic E-state index is 0.0643. The maximum absolute atomic E-state index is 12.6. The Morgan fingerprint density at radius 3 is 2.14 bits per heavy atom. The quantitative estimate of drug-likeness (QED) is 0.896. The first kappa shape index (κ1) is 15.7. The molecule has 0 aromatic heterocycles. The van der Waals surface area contributed by atoms with Crippen molar-refractivity contribution >= 4 is 11.6 Å². The highest BCUT2D eigenvalue weighted by Crippen LogP contribution is 2.38. The Balaban J connectivity index is 1.88. The van der Waals surface area contributed by atoms with Crippen molar-refractivity contribution < 1.29 is 18.0 Å². The first-order valence-electron chi connectivity index (χ1n) is 7.05. The fourth-order valence-corrected chi connectivity index (χ4v) is 2.66. The number of nitrogens with one attached hydrogen (secondary N) is 2. The van der Waals surface area contributed by atoms with Gasteiger partial charge in [0.15, 0.2) is 0 Å². The number of hydrogen-bond donors (Lipinski definition) is 2. The van der Waals surface area contributed by atoms with Crippen LogP contribution in [-0.2, 0) is 0 Å². The van der Waals surface area contributed by atoms with Gasteiger partial charge in [0.1, 0.15) is 0 Å². The van der Waals surface area contributed by atoms with Gasteiger partial charge in [0.25, 0.3) is 5.91 Å². The normalized spacial score (nSPS) is 22.7. The second-order valence-electron chi connectivity index (χ2n) is 5.39. The third kappa shape index (κ3) is 4.12. The lowest BCUT2D eigenvalue weighted by molar-refractivity contribution is -0.182. The first-order valence-corrected chi connectivity index (χ1v) is 7.05. The molecule has 1 aromatic carbocycles. The number of rotatable bonds is 3. The largest absolute Gasteiger partial charge is 0.391 e. The Bertz CT molecular complexity index is 477. The van der Waals surface area contributed by atoms with E-state index in [-0.39, 0.29) is 24.8 Å². The highest BCUT2D eigenvalue weighted by atomic mass is 19.4. The summed E-state index contributed by atoms with van der Waals surface area (Å²) >= 11 is 0. The van der Waals surface area contributed by atoms with E-state index in [2.05, 4.69) is 10.6 Å². The summed E-state index contributed by atoms with van der Waals surface area (Å²) in [6.07, 6.45) is -2.68. The van der Waals surface area contributed by atoms with Gasteiger partial charge < -0.3 is 10.6 Å². The highest BCUT2D eigenvalue weighted by Gasteiger charge is 2.41. The Kier molecular flexibility index (Phi) is 4.75. The van der Waals surface area contributed by atoms with Crippen molar-refractivity contribution in [3.63, 3.8) is 0 Å². The first-order chi connectivity index (χ1) is 9.90. The third-order valence-corrected chi connectivity index (χ3v) is 3.94. The number of halogens is 3. The Morgan fingerprint density at radius 1 is 1.10 bits per heavy atom. The number of carbonyl (C=O) groups excluding carboxylic acids is 1. The number of amides is 1. The van der Waals surface area contributed by atoms with Gasteiger partial charge in [0.2, 0.25) is 0 Å². The van der Waals surface area contributed by atoms with Gasteiger partial charge in [-0.05, 0) is 49.9 Å². The van der Waals surface area contributed by atoms with Crippen molar-refractivity contribution in [3.05, 3.63) is 29.8 Å². The van der Waals surface area contributed by atoms with E-state index in [0.717, 1.165) is 5.69 Å². The molecule has 21 heavy (non-hydrogen) atoms. The molecular formula is C15H19F3N2O. The number of alkyl halides is 3. The second-order valence-corrected chi connectivity index (χ2v) is 5.39. The monoisotopic (exact) mass is 300 g/mol. The van der Waals surface area contributed by atoms with Crippen molar-refractivity contribution in [2.75, 3.05) is 12.4 Å². The van der Waals surface area contributed by atoms with E-state index in [1.54, 1.807) is 31.3 Å². The van der Waals surface area contributed by atoms with Crippen LogP contribution in [0, 0.1) is 5.92 Å². The summed E-state index contributed by atoms with van der Waals surface area (Å²) in [4.78, 5) is 11.4.